The molecular weight excluding hydrogens is 400 g/mol. The molecule has 0 spiro atoms. The molecule has 6 heteroatoms. The number of aryl methyl sites for hydroxylation is 1. The fraction of sp³-hybridized carbons (Fsp3) is 0.115. The summed E-state index contributed by atoms with van der Waals surface area (Å²) >= 11 is 0. The van der Waals surface area contributed by atoms with Crippen molar-refractivity contribution >= 4 is 12.0 Å². The van der Waals surface area contributed by atoms with Crippen LogP contribution in [-0.2, 0) is 4.79 Å². The van der Waals surface area contributed by atoms with E-state index in [0.29, 0.717) is 17.9 Å². The minimum absolute atomic E-state index is 0.00991. The Morgan fingerprint density at radius 3 is 2.66 bits per heavy atom. The first-order chi connectivity index (χ1) is 15.6. The van der Waals surface area contributed by atoms with Crippen molar-refractivity contribution in [2.45, 2.75) is 6.92 Å². The number of hydrogen-bond donors (Lipinski definition) is 1. The molecule has 0 radical (unpaired) electrons. The second-order valence-corrected chi connectivity index (χ2v) is 6.96. The van der Waals surface area contributed by atoms with E-state index in [4.69, 9.17) is 9.84 Å². The molecule has 1 N–H and O–H groups in total. The quantitative estimate of drug-likeness (QED) is 0.309. The first kappa shape index (κ1) is 22.3. The standard InChI is InChI=1S/C26H24N4O2/c1-4-13-28-26(31)20(17-27)16-21-18-30(22-9-7-6-8-10-22)29-25(21)24-12-11-23(15-19(24)3)32-14-5-2/h4-12,15-16,18H,1-2,13-14H2,3H3,(H,28,31)/b20-16+. The average molecular weight is 425 g/mol. The molecule has 1 heterocycles. The molecule has 0 unspecified atom stereocenters. The summed E-state index contributed by atoms with van der Waals surface area (Å²) in [5.41, 5.74) is 4.00. The van der Waals surface area contributed by atoms with Gasteiger partial charge in [0.05, 0.1) is 5.69 Å². The maximum Gasteiger partial charge on any atom is 0.262 e. The number of carbonyl (C=O) groups excluding carboxylic acids is 1. The Balaban J connectivity index is 2.10. The van der Waals surface area contributed by atoms with Crippen molar-refractivity contribution in [3.8, 4) is 28.8 Å². The van der Waals surface area contributed by atoms with E-state index in [0.717, 1.165) is 22.6 Å². The van der Waals surface area contributed by atoms with Crippen molar-refractivity contribution in [2.24, 2.45) is 0 Å². The second-order valence-electron chi connectivity index (χ2n) is 6.96. The first-order valence-corrected chi connectivity index (χ1v) is 10.1. The van der Waals surface area contributed by atoms with Crippen molar-refractivity contribution in [3.05, 3.63) is 96.7 Å². The number of carbonyl (C=O) groups is 1. The molecule has 0 atom stereocenters. The van der Waals surface area contributed by atoms with Crippen LogP contribution in [-0.4, -0.2) is 28.8 Å². The van der Waals surface area contributed by atoms with Gasteiger partial charge in [-0.2, -0.15) is 10.4 Å². The highest BCUT2D eigenvalue weighted by atomic mass is 16.5. The van der Waals surface area contributed by atoms with Gasteiger partial charge >= 0.3 is 0 Å². The Bertz CT molecular complexity index is 1200. The minimum atomic E-state index is -0.462. The summed E-state index contributed by atoms with van der Waals surface area (Å²) in [6.07, 6.45) is 6.62. The van der Waals surface area contributed by atoms with Gasteiger partial charge in [-0.25, -0.2) is 4.68 Å². The molecule has 1 amide bonds. The largest absolute Gasteiger partial charge is 0.490 e. The zero-order chi connectivity index (χ0) is 22.9. The van der Waals surface area contributed by atoms with Crippen LogP contribution in [0.25, 0.3) is 23.0 Å². The smallest absolute Gasteiger partial charge is 0.262 e. The fourth-order valence-electron chi connectivity index (χ4n) is 3.13. The SMILES string of the molecule is C=CCNC(=O)/C(C#N)=C/c1cn(-c2ccccc2)nc1-c1ccc(OCC=C)cc1C. The van der Waals surface area contributed by atoms with E-state index in [9.17, 15) is 10.1 Å². The fourth-order valence-corrected chi connectivity index (χ4v) is 3.13. The summed E-state index contributed by atoms with van der Waals surface area (Å²) in [6, 6.07) is 17.3. The number of para-hydroxylation sites is 1. The van der Waals surface area contributed by atoms with Crippen LogP contribution in [0.1, 0.15) is 11.1 Å². The van der Waals surface area contributed by atoms with E-state index in [1.165, 1.54) is 0 Å². The van der Waals surface area contributed by atoms with Crippen LogP contribution < -0.4 is 10.1 Å². The molecule has 0 saturated heterocycles. The van der Waals surface area contributed by atoms with E-state index < -0.39 is 5.91 Å². The lowest BCUT2D eigenvalue weighted by molar-refractivity contribution is -0.116. The Hall–Kier alpha value is -4.37. The van der Waals surface area contributed by atoms with E-state index in [2.05, 4.69) is 18.5 Å². The predicted molar refractivity (Wildman–Crippen MR) is 126 cm³/mol. The van der Waals surface area contributed by atoms with Gasteiger partial charge in [-0.3, -0.25) is 4.79 Å². The normalized spacial score (nSPS) is 10.8. The van der Waals surface area contributed by atoms with Gasteiger partial charge in [0.1, 0.15) is 29.7 Å². The van der Waals surface area contributed by atoms with Gasteiger partial charge in [0, 0.05) is 23.9 Å². The zero-order valence-corrected chi connectivity index (χ0v) is 17.9. The van der Waals surface area contributed by atoms with Gasteiger partial charge in [0.25, 0.3) is 5.91 Å². The maximum absolute atomic E-state index is 12.4. The Morgan fingerprint density at radius 2 is 2.00 bits per heavy atom. The van der Waals surface area contributed by atoms with E-state index in [-0.39, 0.29) is 12.1 Å². The van der Waals surface area contributed by atoms with Crippen molar-refractivity contribution in [1.29, 1.82) is 5.26 Å². The molecule has 0 fully saturated rings. The van der Waals surface area contributed by atoms with Crippen molar-refractivity contribution in [2.75, 3.05) is 13.2 Å². The summed E-state index contributed by atoms with van der Waals surface area (Å²) in [6.45, 7) is 9.91. The third-order valence-electron chi connectivity index (χ3n) is 4.66. The van der Waals surface area contributed by atoms with E-state index in [1.807, 2.05) is 67.7 Å². The van der Waals surface area contributed by atoms with Gasteiger partial charge in [-0.1, -0.05) is 36.9 Å². The molecule has 2 aromatic carbocycles. The van der Waals surface area contributed by atoms with Gasteiger partial charge in [0.15, 0.2) is 0 Å². The third kappa shape index (κ3) is 5.21. The highest BCUT2D eigenvalue weighted by Crippen LogP contribution is 2.30. The van der Waals surface area contributed by atoms with E-state index >= 15 is 0 Å². The molecule has 6 nitrogen and oxygen atoms in total. The number of benzene rings is 2. The van der Waals surface area contributed by atoms with Crippen molar-refractivity contribution < 1.29 is 9.53 Å². The molecule has 160 valence electrons. The highest BCUT2D eigenvalue weighted by molar-refractivity contribution is 6.02. The molecule has 1 aromatic heterocycles. The van der Waals surface area contributed by atoms with Crippen molar-refractivity contribution in [3.63, 3.8) is 0 Å². The van der Waals surface area contributed by atoms with Crippen LogP contribution in [0.5, 0.6) is 5.75 Å². The lowest BCUT2D eigenvalue weighted by atomic mass is 10.0. The molecular formula is C26H24N4O2. The van der Waals surface area contributed by atoms with E-state index in [1.54, 1.807) is 22.9 Å². The molecule has 3 aromatic rings. The third-order valence-corrected chi connectivity index (χ3v) is 4.66. The number of aromatic nitrogens is 2. The van der Waals surface area contributed by atoms with Gasteiger partial charge in [-0.05, 0) is 48.9 Å². The molecule has 0 aliphatic carbocycles. The van der Waals surface area contributed by atoms with Crippen LogP contribution >= 0.6 is 0 Å². The molecule has 0 aliphatic rings. The van der Waals surface area contributed by atoms with Gasteiger partial charge in [0.2, 0.25) is 0 Å². The van der Waals surface area contributed by atoms with Crippen LogP contribution in [0.3, 0.4) is 0 Å². The van der Waals surface area contributed by atoms with Crippen LogP contribution in [0.2, 0.25) is 0 Å². The molecule has 32 heavy (non-hydrogen) atoms. The second kappa shape index (κ2) is 10.6. The molecule has 3 rings (SSSR count). The number of nitrogens with one attached hydrogen (secondary N) is 1. The molecule has 0 aliphatic heterocycles. The maximum atomic E-state index is 12.4. The Morgan fingerprint density at radius 1 is 1.22 bits per heavy atom. The number of ether oxygens (including phenoxy) is 1. The monoisotopic (exact) mass is 424 g/mol. The topological polar surface area (TPSA) is 79.9 Å². The van der Waals surface area contributed by atoms with Gasteiger partial charge < -0.3 is 10.1 Å². The number of hydrogen-bond acceptors (Lipinski definition) is 4. The first-order valence-electron chi connectivity index (χ1n) is 10.1. The van der Waals surface area contributed by atoms with Crippen LogP contribution in [0.4, 0.5) is 0 Å². The minimum Gasteiger partial charge on any atom is -0.490 e. The average Bonchev–Trinajstić information content (AvgIpc) is 3.23. The van der Waals surface area contributed by atoms with Crippen LogP contribution in [0.15, 0.2) is 85.6 Å². The molecule has 0 saturated carbocycles. The number of rotatable bonds is 9. The zero-order valence-electron chi connectivity index (χ0n) is 17.9. The Labute approximate surface area is 187 Å². The summed E-state index contributed by atoms with van der Waals surface area (Å²) in [4.78, 5) is 12.4. The predicted octanol–water partition coefficient (Wildman–Crippen LogP) is 4.62. The van der Waals surface area contributed by atoms with Crippen molar-refractivity contribution in [1.82, 2.24) is 15.1 Å². The number of nitrogens with zero attached hydrogens (tertiary/aromatic N) is 3. The number of amides is 1. The summed E-state index contributed by atoms with van der Waals surface area (Å²) in [7, 11) is 0. The summed E-state index contributed by atoms with van der Waals surface area (Å²) in [5, 5.41) is 17.0. The van der Waals surface area contributed by atoms with Crippen LogP contribution in [0, 0.1) is 18.3 Å². The molecule has 0 bridgehead atoms. The highest BCUT2D eigenvalue weighted by Gasteiger charge is 2.16. The summed E-state index contributed by atoms with van der Waals surface area (Å²) in [5.74, 6) is 0.267. The van der Waals surface area contributed by atoms with Gasteiger partial charge in [-0.15, -0.1) is 6.58 Å². The summed E-state index contributed by atoms with van der Waals surface area (Å²) < 4.78 is 7.36. The Kier molecular flexibility index (Phi) is 7.39. The number of nitriles is 1. The lowest BCUT2D eigenvalue weighted by Crippen LogP contribution is -2.24. The lowest BCUT2D eigenvalue weighted by Gasteiger charge is -2.09.